The minimum Gasteiger partial charge on any atom is -0.371 e. The summed E-state index contributed by atoms with van der Waals surface area (Å²) in [6, 6.07) is 12.6. The van der Waals surface area contributed by atoms with Gasteiger partial charge in [-0.2, -0.15) is 13.2 Å². The van der Waals surface area contributed by atoms with Crippen LogP contribution < -0.4 is 5.32 Å². The number of aromatic nitrogens is 1. The van der Waals surface area contributed by atoms with E-state index in [4.69, 9.17) is 11.6 Å². The van der Waals surface area contributed by atoms with E-state index in [1.54, 1.807) is 0 Å². The SMILES string of the molecule is Cc1nc(-c2ccc(C(F)(F)F)cc2)sc1NCc1ccccc1Cl. The third kappa shape index (κ3) is 4.14. The first kappa shape index (κ1) is 17.8. The summed E-state index contributed by atoms with van der Waals surface area (Å²) < 4.78 is 38.0. The van der Waals surface area contributed by atoms with Crippen molar-refractivity contribution in [3.63, 3.8) is 0 Å². The van der Waals surface area contributed by atoms with Crippen molar-refractivity contribution in [3.05, 3.63) is 70.4 Å². The zero-order valence-electron chi connectivity index (χ0n) is 13.2. The van der Waals surface area contributed by atoms with Gasteiger partial charge >= 0.3 is 6.18 Å². The van der Waals surface area contributed by atoms with E-state index >= 15 is 0 Å². The van der Waals surface area contributed by atoms with Gasteiger partial charge in [-0.3, -0.25) is 0 Å². The molecule has 0 fully saturated rings. The minimum atomic E-state index is -4.33. The molecule has 7 heteroatoms. The molecule has 0 aliphatic rings. The minimum absolute atomic E-state index is 0.551. The summed E-state index contributed by atoms with van der Waals surface area (Å²) in [6.07, 6.45) is -4.33. The fraction of sp³-hybridized carbons (Fsp3) is 0.167. The second kappa shape index (κ2) is 7.06. The van der Waals surface area contributed by atoms with Crippen LogP contribution in [0, 0.1) is 6.92 Å². The van der Waals surface area contributed by atoms with Crippen LogP contribution in [0.3, 0.4) is 0 Å². The van der Waals surface area contributed by atoms with Crippen LogP contribution in [0.2, 0.25) is 5.02 Å². The Morgan fingerprint density at radius 1 is 1.08 bits per heavy atom. The van der Waals surface area contributed by atoms with Crippen molar-refractivity contribution in [3.8, 4) is 10.6 Å². The Labute approximate surface area is 152 Å². The van der Waals surface area contributed by atoms with Gasteiger partial charge in [-0.05, 0) is 30.7 Å². The maximum Gasteiger partial charge on any atom is 0.416 e. The van der Waals surface area contributed by atoms with Crippen molar-refractivity contribution in [2.45, 2.75) is 19.6 Å². The highest BCUT2D eigenvalue weighted by Gasteiger charge is 2.30. The smallest absolute Gasteiger partial charge is 0.371 e. The number of hydrogen-bond acceptors (Lipinski definition) is 3. The van der Waals surface area contributed by atoms with Gasteiger partial charge in [0.15, 0.2) is 0 Å². The molecule has 0 bridgehead atoms. The largest absolute Gasteiger partial charge is 0.416 e. The van der Waals surface area contributed by atoms with Crippen LogP contribution in [0.25, 0.3) is 10.6 Å². The number of alkyl halides is 3. The quantitative estimate of drug-likeness (QED) is 0.564. The average Bonchev–Trinajstić information content (AvgIpc) is 2.94. The maximum absolute atomic E-state index is 12.7. The van der Waals surface area contributed by atoms with Gasteiger partial charge in [-0.25, -0.2) is 4.98 Å². The predicted octanol–water partition coefficient (Wildman–Crippen LogP) is 6.40. The molecule has 0 atom stereocenters. The van der Waals surface area contributed by atoms with Crippen LogP contribution >= 0.6 is 22.9 Å². The molecule has 0 aliphatic carbocycles. The molecule has 0 amide bonds. The Hall–Kier alpha value is -2.05. The Morgan fingerprint density at radius 3 is 2.40 bits per heavy atom. The Bertz CT molecular complexity index is 873. The number of thiazole rings is 1. The van der Waals surface area contributed by atoms with Crippen molar-refractivity contribution in [2.24, 2.45) is 0 Å². The topological polar surface area (TPSA) is 24.9 Å². The molecule has 2 nitrogen and oxygen atoms in total. The van der Waals surface area contributed by atoms with Crippen molar-refractivity contribution < 1.29 is 13.2 Å². The molecular formula is C18H14ClF3N2S. The standard InChI is InChI=1S/C18H14ClF3N2S/c1-11-16(23-10-13-4-2-3-5-15(13)19)25-17(24-11)12-6-8-14(9-7-12)18(20,21)22/h2-9,23H,10H2,1H3. The van der Waals surface area contributed by atoms with Crippen LogP contribution in [0.15, 0.2) is 48.5 Å². The van der Waals surface area contributed by atoms with Crippen LogP contribution in [-0.4, -0.2) is 4.98 Å². The molecule has 1 N–H and O–H groups in total. The van der Waals surface area contributed by atoms with Gasteiger partial charge < -0.3 is 5.32 Å². The van der Waals surface area contributed by atoms with Crippen LogP contribution in [0.1, 0.15) is 16.8 Å². The molecule has 0 radical (unpaired) electrons. The van der Waals surface area contributed by atoms with Crippen molar-refractivity contribution in [1.29, 1.82) is 0 Å². The summed E-state index contributed by atoms with van der Waals surface area (Å²) >= 11 is 7.54. The zero-order chi connectivity index (χ0) is 18.0. The molecule has 2 aromatic carbocycles. The van der Waals surface area contributed by atoms with E-state index in [0.717, 1.165) is 28.4 Å². The molecule has 3 aromatic rings. The highest BCUT2D eigenvalue weighted by Crippen LogP contribution is 2.35. The van der Waals surface area contributed by atoms with Crippen molar-refractivity contribution >= 4 is 27.9 Å². The summed E-state index contributed by atoms with van der Waals surface area (Å²) in [7, 11) is 0. The second-order valence-electron chi connectivity index (χ2n) is 5.45. The molecule has 0 saturated heterocycles. The molecule has 1 aromatic heterocycles. The maximum atomic E-state index is 12.7. The monoisotopic (exact) mass is 382 g/mol. The normalized spacial score (nSPS) is 11.6. The summed E-state index contributed by atoms with van der Waals surface area (Å²) in [5.74, 6) is 0. The molecule has 0 spiro atoms. The van der Waals surface area contributed by atoms with Gasteiger partial charge in [0.1, 0.15) is 10.0 Å². The summed E-state index contributed by atoms with van der Waals surface area (Å²) in [6.45, 7) is 2.41. The number of hydrogen-bond donors (Lipinski definition) is 1. The lowest BCUT2D eigenvalue weighted by Crippen LogP contribution is -2.03. The average molecular weight is 383 g/mol. The Balaban J connectivity index is 1.77. The lowest BCUT2D eigenvalue weighted by atomic mass is 10.1. The van der Waals surface area contributed by atoms with Gasteiger partial charge in [0.25, 0.3) is 0 Å². The lowest BCUT2D eigenvalue weighted by molar-refractivity contribution is -0.137. The number of aryl methyl sites for hydroxylation is 1. The number of benzene rings is 2. The van der Waals surface area contributed by atoms with E-state index < -0.39 is 11.7 Å². The third-order valence-electron chi connectivity index (χ3n) is 3.65. The molecule has 3 rings (SSSR count). The van der Waals surface area contributed by atoms with E-state index in [1.807, 2.05) is 31.2 Å². The van der Waals surface area contributed by atoms with Gasteiger partial charge in [0.2, 0.25) is 0 Å². The first-order chi connectivity index (χ1) is 11.8. The van der Waals surface area contributed by atoms with Crippen molar-refractivity contribution in [2.75, 3.05) is 5.32 Å². The van der Waals surface area contributed by atoms with E-state index in [2.05, 4.69) is 10.3 Å². The first-order valence-corrected chi connectivity index (χ1v) is 8.66. The highest BCUT2D eigenvalue weighted by atomic mass is 35.5. The van der Waals surface area contributed by atoms with Crippen molar-refractivity contribution in [1.82, 2.24) is 4.98 Å². The number of nitrogens with zero attached hydrogens (tertiary/aromatic N) is 1. The summed E-state index contributed by atoms with van der Waals surface area (Å²) in [4.78, 5) is 4.45. The lowest BCUT2D eigenvalue weighted by Gasteiger charge is -2.06. The molecule has 25 heavy (non-hydrogen) atoms. The fourth-order valence-electron chi connectivity index (χ4n) is 2.30. The van der Waals surface area contributed by atoms with Gasteiger partial charge in [0, 0.05) is 17.1 Å². The van der Waals surface area contributed by atoms with Crippen LogP contribution in [0.5, 0.6) is 0 Å². The highest BCUT2D eigenvalue weighted by molar-refractivity contribution is 7.19. The van der Waals surface area contributed by atoms with E-state index in [-0.39, 0.29) is 0 Å². The molecule has 0 unspecified atom stereocenters. The van der Waals surface area contributed by atoms with Gasteiger partial charge in [-0.1, -0.05) is 53.3 Å². The van der Waals surface area contributed by atoms with Crippen LogP contribution in [0.4, 0.5) is 18.2 Å². The number of halogens is 4. The van der Waals surface area contributed by atoms with Gasteiger partial charge in [-0.15, -0.1) is 0 Å². The molecule has 0 saturated carbocycles. The number of nitrogens with one attached hydrogen (secondary N) is 1. The third-order valence-corrected chi connectivity index (χ3v) is 5.19. The molecule has 130 valence electrons. The van der Waals surface area contributed by atoms with E-state index in [9.17, 15) is 13.2 Å². The first-order valence-electron chi connectivity index (χ1n) is 7.47. The zero-order valence-corrected chi connectivity index (χ0v) is 14.8. The van der Waals surface area contributed by atoms with E-state index in [0.29, 0.717) is 22.1 Å². The molecule has 1 heterocycles. The fourth-order valence-corrected chi connectivity index (χ4v) is 3.47. The van der Waals surface area contributed by atoms with Crippen LogP contribution in [-0.2, 0) is 12.7 Å². The molecular weight excluding hydrogens is 369 g/mol. The Kier molecular flexibility index (Phi) is 5.01. The van der Waals surface area contributed by atoms with Gasteiger partial charge in [0.05, 0.1) is 11.3 Å². The number of anilines is 1. The Morgan fingerprint density at radius 2 is 1.76 bits per heavy atom. The molecule has 0 aliphatic heterocycles. The second-order valence-corrected chi connectivity index (χ2v) is 6.86. The predicted molar refractivity (Wildman–Crippen MR) is 96.1 cm³/mol. The summed E-state index contributed by atoms with van der Waals surface area (Å²) in [5, 5.41) is 5.51. The summed E-state index contributed by atoms with van der Waals surface area (Å²) in [5.41, 5.74) is 1.76. The van der Waals surface area contributed by atoms with E-state index in [1.165, 1.54) is 23.5 Å². The number of rotatable bonds is 4.